The van der Waals surface area contributed by atoms with Gasteiger partial charge in [-0.25, -0.2) is 0 Å². The average molecular weight is 346 g/mol. The van der Waals surface area contributed by atoms with Gasteiger partial charge in [0.2, 0.25) is 5.91 Å². The van der Waals surface area contributed by atoms with Crippen LogP contribution in [0.4, 0.5) is 0 Å². The third-order valence-electron chi connectivity index (χ3n) is 4.19. The van der Waals surface area contributed by atoms with Gasteiger partial charge in [0.05, 0.1) is 13.0 Å². The van der Waals surface area contributed by atoms with Gasteiger partial charge < -0.3 is 14.6 Å². The molecule has 0 saturated heterocycles. The predicted octanol–water partition coefficient (Wildman–Crippen LogP) is 3.72. The topological polar surface area (TPSA) is 64.4 Å². The van der Waals surface area contributed by atoms with Gasteiger partial charge in [-0.05, 0) is 35.0 Å². The quantitative estimate of drug-likeness (QED) is 0.541. The van der Waals surface area contributed by atoms with Crippen molar-refractivity contribution in [1.29, 1.82) is 0 Å². The van der Waals surface area contributed by atoms with Crippen LogP contribution < -0.4 is 10.1 Å². The molecule has 26 heavy (non-hydrogen) atoms. The van der Waals surface area contributed by atoms with Gasteiger partial charge >= 0.3 is 0 Å². The summed E-state index contributed by atoms with van der Waals surface area (Å²) in [6, 6.07) is 21.6. The highest BCUT2D eigenvalue weighted by atomic mass is 16.5. The van der Waals surface area contributed by atoms with Gasteiger partial charge in [-0.1, -0.05) is 47.6 Å². The minimum atomic E-state index is -0.105. The number of ether oxygens (including phenoxy) is 1. The molecule has 0 fully saturated rings. The molecule has 0 saturated carbocycles. The Labute approximate surface area is 150 Å². The Balaban J connectivity index is 1.28. The van der Waals surface area contributed by atoms with Gasteiger partial charge in [-0.3, -0.25) is 4.79 Å². The number of carbonyl (C=O) groups is 1. The van der Waals surface area contributed by atoms with Crippen molar-refractivity contribution in [3.8, 4) is 5.75 Å². The molecule has 130 valence electrons. The van der Waals surface area contributed by atoms with E-state index in [1.54, 1.807) is 0 Å². The average Bonchev–Trinajstić information content (AvgIpc) is 3.08. The normalized spacial score (nSPS) is 10.9. The SMILES string of the molecule is O=C(Cc1noc2ccccc12)NCCOc1ccc2ccccc2c1. The first-order chi connectivity index (χ1) is 12.8. The zero-order chi connectivity index (χ0) is 17.8. The van der Waals surface area contributed by atoms with Crippen molar-refractivity contribution in [3.63, 3.8) is 0 Å². The van der Waals surface area contributed by atoms with Crippen LogP contribution in [0, 0.1) is 0 Å². The van der Waals surface area contributed by atoms with Crippen LogP contribution in [0.25, 0.3) is 21.7 Å². The number of fused-ring (bicyclic) bond motifs is 2. The third kappa shape index (κ3) is 3.52. The Kier molecular flexibility index (Phi) is 4.51. The fourth-order valence-electron chi connectivity index (χ4n) is 2.90. The fourth-order valence-corrected chi connectivity index (χ4v) is 2.90. The van der Waals surface area contributed by atoms with E-state index < -0.39 is 0 Å². The van der Waals surface area contributed by atoms with E-state index in [4.69, 9.17) is 9.26 Å². The number of nitrogens with zero attached hydrogens (tertiary/aromatic N) is 1. The zero-order valence-electron chi connectivity index (χ0n) is 14.1. The lowest BCUT2D eigenvalue weighted by atomic mass is 10.1. The standard InChI is InChI=1S/C21H18N2O3/c24-21(14-19-18-7-3-4-8-20(18)26-23-19)22-11-12-25-17-10-9-15-5-1-2-6-16(15)13-17/h1-10,13H,11-12,14H2,(H,22,24). The Morgan fingerprint density at radius 1 is 1.00 bits per heavy atom. The summed E-state index contributed by atoms with van der Waals surface area (Å²) in [5, 5.41) is 10.00. The minimum Gasteiger partial charge on any atom is -0.492 e. The number of aromatic nitrogens is 1. The van der Waals surface area contributed by atoms with Crippen LogP contribution in [-0.4, -0.2) is 24.2 Å². The van der Waals surface area contributed by atoms with Crippen molar-refractivity contribution in [2.24, 2.45) is 0 Å². The molecule has 0 spiro atoms. The monoisotopic (exact) mass is 346 g/mol. The van der Waals surface area contributed by atoms with Crippen LogP contribution in [0.1, 0.15) is 5.69 Å². The van der Waals surface area contributed by atoms with E-state index in [9.17, 15) is 4.79 Å². The van der Waals surface area contributed by atoms with Gasteiger partial charge in [0.15, 0.2) is 5.58 Å². The number of benzene rings is 3. The first-order valence-corrected chi connectivity index (χ1v) is 8.51. The summed E-state index contributed by atoms with van der Waals surface area (Å²) in [6.07, 6.45) is 0.187. The van der Waals surface area contributed by atoms with Crippen LogP contribution in [-0.2, 0) is 11.2 Å². The maximum Gasteiger partial charge on any atom is 0.226 e. The molecule has 0 aliphatic heterocycles. The molecule has 1 aromatic heterocycles. The molecule has 3 aromatic carbocycles. The molecule has 0 bridgehead atoms. The summed E-state index contributed by atoms with van der Waals surface area (Å²) < 4.78 is 10.9. The highest BCUT2D eigenvalue weighted by Crippen LogP contribution is 2.20. The van der Waals surface area contributed by atoms with Crippen LogP contribution in [0.2, 0.25) is 0 Å². The van der Waals surface area contributed by atoms with E-state index in [1.165, 1.54) is 5.39 Å². The van der Waals surface area contributed by atoms with E-state index in [0.717, 1.165) is 16.5 Å². The molecule has 0 aliphatic rings. The van der Waals surface area contributed by atoms with Crippen LogP contribution in [0.3, 0.4) is 0 Å². The van der Waals surface area contributed by atoms with Crippen LogP contribution in [0.15, 0.2) is 71.3 Å². The molecule has 5 heteroatoms. The highest BCUT2D eigenvalue weighted by molar-refractivity contribution is 5.86. The van der Waals surface area contributed by atoms with Crippen molar-refractivity contribution in [2.45, 2.75) is 6.42 Å². The fraction of sp³-hybridized carbons (Fsp3) is 0.143. The van der Waals surface area contributed by atoms with Crippen LogP contribution >= 0.6 is 0 Å². The van der Waals surface area contributed by atoms with Crippen molar-refractivity contribution < 1.29 is 14.1 Å². The second-order valence-corrected chi connectivity index (χ2v) is 6.01. The molecule has 0 aliphatic carbocycles. The number of hydrogen-bond donors (Lipinski definition) is 1. The molecule has 0 unspecified atom stereocenters. The molecular weight excluding hydrogens is 328 g/mol. The van der Waals surface area contributed by atoms with E-state index in [0.29, 0.717) is 24.4 Å². The van der Waals surface area contributed by atoms with Gasteiger partial charge in [0.25, 0.3) is 0 Å². The number of nitrogens with one attached hydrogen (secondary N) is 1. The molecule has 0 atom stereocenters. The first-order valence-electron chi connectivity index (χ1n) is 8.51. The Morgan fingerprint density at radius 2 is 1.81 bits per heavy atom. The molecule has 4 aromatic rings. The van der Waals surface area contributed by atoms with Gasteiger partial charge in [0.1, 0.15) is 18.1 Å². The second kappa shape index (κ2) is 7.27. The molecule has 0 radical (unpaired) electrons. The Bertz CT molecular complexity index is 1060. The Hall–Kier alpha value is -3.34. The summed E-state index contributed by atoms with van der Waals surface area (Å²) in [6.45, 7) is 0.838. The lowest BCUT2D eigenvalue weighted by Gasteiger charge is -2.08. The van der Waals surface area contributed by atoms with Gasteiger partial charge in [-0.2, -0.15) is 0 Å². The van der Waals surface area contributed by atoms with Crippen molar-refractivity contribution in [3.05, 3.63) is 72.4 Å². The second-order valence-electron chi connectivity index (χ2n) is 6.01. The first kappa shape index (κ1) is 16.1. The summed E-state index contributed by atoms with van der Waals surface area (Å²) in [4.78, 5) is 12.1. The maximum absolute atomic E-state index is 12.1. The number of rotatable bonds is 6. The number of hydrogen-bond acceptors (Lipinski definition) is 4. The summed E-state index contributed by atoms with van der Waals surface area (Å²) in [5.41, 5.74) is 1.34. The largest absolute Gasteiger partial charge is 0.492 e. The number of para-hydroxylation sites is 1. The Morgan fingerprint density at radius 3 is 2.73 bits per heavy atom. The van der Waals surface area contributed by atoms with Crippen molar-refractivity contribution in [1.82, 2.24) is 10.5 Å². The number of carbonyl (C=O) groups excluding carboxylic acids is 1. The third-order valence-corrected chi connectivity index (χ3v) is 4.19. The van der Waals surface area contributed by atoms with E-state index in [1.807, 2.05) is 60.7 Å². The maximum atomic E-state index is 12.1. The van der Waals surface area contributed by atoms with E-state index >= 15 is 0 Å². The smallest absolute Gasteiger partial charge is 0.226 e. The van der Waals surface area contributed by atoms with E-state index in [-0.39, 0.29) is 12.3 Å². The van der Waals surface area contributed by atoms with Gasteiger partial charge in [0, 0.05) is 5.39 Å². The van der Waals surface area contributed by atoms with Gasteiger partial charge in [-0.15, -0.1) is 0 Å². The van der Waals surface area contributed by atoms with Crippen molar-refractivity contribution in [2.75, 3.05) is 13.2 Å². The summed E-state index contributed by atoms with van der Waals surface area (Å²) >= 11 is 0. The number of amides is 1. The lowest BCUT2D eigenvalue weighted by molar-refractivity contribution is -0.120. The lowest BCUT2D eigenvalue weighted by Crippen LogP contribution is -2.29. The van der Waals surface area contributed by atoms with E-state index in [2.05, 4.69) is 16.5 Å². The highest BCUT2D eigenvalue weighted by Gasteiger charge is 2.11. The molecule has 5 nitrogen and oxygen atoms in total. The minimum absolute atomic E-state index is 0.105. The molecule has 1 amide bonds. The molecule has 1 heterocycles. The molecular formula is C21H18N2O3. The summed E-state index contributed by atoms with van der Waals surface area (Å²) in [5.74, 6) is 0.687. The zero-order valence-corrected chi connectivity index (χ0v) is 14.1. The van der Waals surface area contributed by atoms with Crippen LogP contribution in [0.5, 0.6) is 5.75 Å². The summed E-state index contributed by atoms with van der Waals surface area (Å²) in [7, 11) is 0. The predicted molar refractivity (Wildman–Crippen MR) is 100 cm³/mol. The molecule has 1 N–H and O–H groups in total. The molecule has 4 rings (SSSR count). The van der Waals surface area contributed by atoms with Crippen molar-refractivity contribution >= 4 is 27.6 Å².